The number of fused-ring (bicyclic) bond motifs is 1. The summed E-state index contributed by atoms with van der Waals surface area (Å²) < 4.78 is 0. The summed E-state index contributed by atoms with van der Waals surface area (Å²) in [4.78, 5) is 2.81. The topological polar surface area (TPSA) is 15.3 Å². The summed E-state index contributed by atoms with van der Waals surface area (Å²) in [5.41, 5.74) is 3.39. The van der Waals surface area contributed by atoms with Gasteiger partial charge in [-0.2, -0.15) is 0 Å². The fourth-order valence-corrected chi connectivity index (χ4v) is 1.80. The van der Waals surface area contributed by atoms with Crippen LogP contribution in [-0.2, 0) is 0 Å². The van der Waals surface area contributed by atoms with Crippen LogP contribution in [0, 0.1) is 0 Å². The second kappa shape index (κ2) is 3.42. The Morgan fingerprint density at radius 3 is 2.71 bits per heavy atom. The van der Waals surface area contributed by atoms with Crippen LogP contribution in [0.3, 0.4) is 0 Å². The molecule has 1 aliphatic heterocycles. The Bertz CT molecular complexity index is 408. The molecule has 1 aromatic carbocycles. The number of rotatable bonds is 1. The van der Waals surface area contributed by atoms with Crippen LogP contribution in [0.15, 0.2) is 30.5 Å². The molecule has 2 nitrogen and oxygen atoms in total. The fraction of sp³-hybridized carbons (Fsp3) is 0.182. The van der Waals surface area contributed by atoms with Crippen molar-refractivity contribution in [3.8, 4) is 0 Å². The predicted molar refractivity (Wildman–Crippen MR) is 64.3 cm³/mol. The molecule has 0 radical (unpaired) electrons. The summed E-state index contributed by atoms with van der Waals surface area (Å²) >= 11 is 5.26. The van der Waals surface area contributed by atoms with E-state index in [4.69, 9.17) is 12.2 Å². The lowest BCUT2D eigenvalue weighted by atomic mass is 10.1. The largest absolute Gasteiger partial charge is 0.383 e. The first-order valence-electron chi connectivity index (χ1n) is 4.47. The summed E-state index contributed by atoms with van der Waals surface area (Å²) in [5.74, 6) is 0. The average Bonchev–Trinajstić information content (AvgIpc) is 2.43. The van der Waals surface area contributed by atoms with E-state index in [1.165, 1.54) is 5.56 Å². The van der Waals surface area contributed by atoms with Gasteiger partial charge in [-0.1, -0.05) is 30.4 Å². The van der Waals surface area contributed by atoms with E-state index in [1.54, 1.807) is 0 Å². The lowest BCUT2D eigenvalue weighted by molar-refractivity contribution is 0.566. The Morgan fingerprint density at radius 1 is 1.29 bits per heavy atom. The van der Waals surface area contributed by atoms with Crippen molar-refractivity contribution in [1.29, 1.82) is 0 Å². The zero-order chi connectivity index (χ0) is 10.1. The number of hydrogen-bond acceptors (Lipinski definition) is 2. The molecule has 0 unspecified atom stereocenters. The minimum atomic E-state index is 0.805. The second-order valence-electron chi connectivity index (χ2n) is 3.51. The van der Waals surface area contributed by atoms with Crippen LogP contribution in [0.4, 0.5) is 5.69 Å². The summed E-state index contributed by atoms with van der Waals surface area (Å²) in [6, 6.07) is 8.15. The fourth-order valence-electron chi connectivity index (χ4n) is 1.53. The van der Waals surface area contributed by atoms with Crippen LogP contribution in [0.5, 0.6) is 0 Å². The minimum absolute atomic E-state index is 0.805. The molecule has 0 aromatic heterocycles. The van der Waals surface area contributed by atoms with E-state index < -0.39 is 0 Å². The lowest BCUT2D eigenvalue weighted by Crippen LogP contribution is -2.07. The third-order valence-electron chi connectivity index (χ3n) is 2.10. The average molecular weight is 204 g/mol. The molecule has 0 atom stereocenters. The Kier molecular flexibility index (Phi) is 2.25. The SMILES string of the molecule is CN(C)/C=C1\C(=S)Nc2ccccc21. The van der Waals surface area contributed by atoms with Gasteiger partial charge in [0.15, 0.2) is 0 Å². The van der Waals surface area contributed by atoms with Crippen molar-refractivity contribution in [2.24, 2.45) is 0 Å². The summed E-state index contributed by atoms with van der Waals surface area (Å²) in [6.45, 7) is 0. The number of hydrogen-bond donors (Lipinski definition) is 1. The zero-order valence-electron chi connectivity index (χ0n) is 8.24. The normalized spacial score (nSPS) is 16.7. The minimum Gasteiger partial charge on any atom is -0.383 e. The Labute approximate surface area is 89.2 Å². The number of anilines is 1. The van der Waals surface area contributed by atoms with Gasteiger partial charge in [0.1, 0.15) is 4.99 Å². The molecule has 0 fully saturated rings. The number of benzene rings is 1. The molecule has 1 aliphatic rings. The monoisotopic (exact) mass is 204 g/mol. The molecule has 0 aliphatic carbocycles. The van der Waals surface area contributed by atoms with E-state index in [0.717, 1.165) is 16.2 Å². The summed E-state index contributed by atoms with van der Waals surface area (Å²) in [6.07, 6.45) is 2.04. The highest BCUT2D eigenvalue weighted by Gasteiger charge is 2.19. The number of para-hydroxylation sites is 1. The smallest absolute Gasteiger partial charge is 0.113 e. The number of thiocarbonyl (C=S) groups is 1. The van der Waals surface area contributed by atoms with Crippen molar-refractivity contribution in [3.63, 3.8) is 0 Å². The van der Waals surface area contributed by atoms with E-state index >= 15 is 0 Å². The molecule has 0 amide bonds. The van der Waals surface area contributed by atoms with Gasteiger partial charge in [0.2, 0.25) is 0 Å². The Hall–Kier alpha value is -1.35. The van der Waals surface area contributed by atoms with E-state index in [1.807, 2.05) is 43.4 Å². The van der Waals surface area contributed by atoms with Crippen molar-refractivity contribution < 1.29 is 0 Å². The third kappa shape index (κ3) is 1.51. The van der Waals surface area contributed by atoms with Gasteiger partial charge in [-0.15, -0.1) is 0 Å². The van der Waals surface area contributed by atoms with Crippen molar-refractivity contribution >= 4 is 28.5 Å². The van der Waals surface area contributed by atoms with Gasteiger partial charge in [0, 0.05) is 37.1 Å². The quantitative estimate of drug-likeness (QED) is 0.558. The zero-order valence-corrected chi connectivity index (χ0v) is 9.06. The molecule has 2 rings (SSSR count). The van der Waals surface area contributed by atoms with E-state index in [2.05, 4.69) is 11.4 Å². The highest BCUT2D eigenvalue weighted by molar-refractivity contribution is 7.81. The van der Waals surface area contributed by atoms with Crippen LogP contribution in [0.25, 0.3) is 5.57 Å². The second-order valence-corrected chi connectivity index (χ2v) is 3.91. The van der Waals surface area contributed by atoms with E-state index in [9.17, 15) is 0 Å². The van der Waals surface area contributed by atoms with Crippen LogP contribution in [0.2, 0.25) is 0 Å². The van der Waals surface area contributed by atoms with Gasteiger partial charge in [-0.05, 0) is 6.07 Å². The molecule has 0 spiro atoms. The molecule has 1 aromatic rings. The number of nitrogens with zero attached hydrogens (tertiary/aromatic N) is 1. The lowest BCUT2D eigenvalue weighted by Gasteiger charge is -2.06. The predicted octanol–water partition coefficient (Wildman–Crippen LogP) is 2.34. The van der Waals surface area contributed by atoms with Crippen LogP contribution < -0.4 is 5.32 Å². The van der Waals surface area contributed by atoms with Crippen molar-refractivity contribution in [2.45, 2.75) is 0 Å². The highest BCUT2D eigenvalue weighted by atomic mass is 32.1. The molecule has 0 saturated carbocycles. The van der Waals surface area contributed by atoms with Gasteiger partial charge in [-0.25, -0.2) is 0 Å². The standard InChI is InChI=1S/C11H12N2S/c1-13(2)7-9-8-5-3-4-6-10(8)12-11(9)14/h3-7H,1-2H3,(H,12,14)/b9-7-. The van der Waals surface area contributed by atoms with E-state index in [-0.39, 0.29) is 0 Å². The molecule has 72 valence electrons. The Balaban J connectivity index is 2.50. The van der Waals surface area contributed by atoms with Gasteiger partial charge < -0.3 is 10.2 Å². The third-order valence-corrected chi connectivity index (χ3v) is 2.42. The van der Waals surface area contributed by atoms with Crippen molar-refractivity contribution in [1.82, 2.24) is 4.90 Å². The van der Waals surface area contributed by atoms with Crippen LogP contribution in [-0.4, -0.2) is 24.0 Å². The number of nitrogens with one attached hydrogen (secondary N) is 1. The molecule has 1 heterocycles. The van der Waals surface area contributed by atoms with Gasteiger partial charge >= 0.3 is 0 Å². The first-order valence-corrected chi connectivity index (χ1v) is 4.88. The molecular weight excluding hydrogens is 192 g/mol. The molecule has 0 bridgehead atoms. The van der Waals surface area contributed by atoms with Gasteiger partial charge in [-0.3, -0.25) is 0 Å². The van der Waals surface area contributed by atoms with E-state index in [0.29, 0.717) is 0 Å². The van der Waals surface area contributed by atoms with Crippen molar-refractivity contribution in [3.05, 3.63) is 36.0 Å². The maximum absolute atomic E-state index is 5.26. The van der Waals surface area contributed by atoms with Crippen LogP contribution >= 0.6 is 12.2 Å². The highest BCUT2D eigenvalue weighted by Crippen LogP contribution is 2.31. The maximum atomic E-state index is 5.26. The first kappa shape index (κ1) is 9.21. The Morgan fingerprint density at radius 2 is 2.00 bits per heavy atom. The molecule has 1 N–H and O–H groups in total. The van der Waals surface area contributed by atoms with Gasteiger partial charge in [0.25, 0.3) is 0 Å². The summed E-state index contributed by atoms with van der Waals surface area (Å²) in [5, 5.41) is 3.19. The first-order chi connectivity index (χ1) is 6.68. The van der Waals surface area contributed by atoms with Crippen molar-refractivity contribution in [2.75, 3.05) is 19.4 Å². The van der Waals surface area contributed by atoms with Crippen LogP contribution in [0.1, 0.15) is 5.56 Å². The maximum Gasteiger partial charge on any atom is 0.113 e. The summed E-state index contributed by atoms with van der Waals surface area (Å²) in [7, 11) is 3.99. The molecule has 3 heteroatoms. The molecular formula is C11H12N2S. The molecule has 14 heavy (non-hydrogen) atoms. The molecule has 0 saturated heterocycles. The van der Waals surface area contributed by atoms with Gasteiger partial charge in [0.05, 0.1) is 0 Å².